The Hall–Kier alpha value is -0.750. The predicted octanol–water partition coefficient (Wildman–Crippen LogP) is 3.68. The fourth-order valence-electron chi connectivity index (χ4n) is 1.35. The number of hydrogen-bond donors (Lipinski definition) is 0. The molecule has 0 N–H and O–H groups in total. The molecule has 1 aromatic heterocycles. The molecule has 2 nitrogen and oxygen atoms in total. The van der Waals surface area contributed by atoms with Crippen LogP contribution in [0, 0.1) is 3.57 Å². The highest BCUT2D eigenvalue weighted by molar-refractivity contribution is 14.1. The average Bonchev–Trinajstić information content (AvgIpc) is 2.28. The van der Waals surface area contributed by atoms with E-state index in [0.717, 1.165) is 8.04 Å². The van der Waals surface area contributed by atoms with Gasteiger partial charge in [0.15, 0.2) is 5.78 Å². The Morgan fingerprint density at radius 2 is 1.81 bits per heavy atom. The monoisotopic (exact) mass is 387 g/mol. The zero-order valence-corrected chi connectivity index (χ0v) is 11.9. The molecule has 0 aliphatic rings. The predicted molar refractivity (Wildman–Crippen MR) is 74.5 cm³/mol. The van der Waals surface area contributed by atoms with Crippen LogP contribution in [0.15, 0.2) is 47.2 Å². The molecule has 2 rings (SSSR count). The van der Waals surface area contributed by atoms with Crippen molar-refractivity contribution in [3.8, 4) is 0 Å². The zero-order valence-electron chi connectivity index (χ0n) is 8.15. The molecule has 0 amide bonds. The van der Waals surface area contributed by atoms with Gasteiger partial charge in [0.1, 0.15) is 0 Å². The summed E-state index contributed by atoms with van der Waals surface area (Å²) in [6, 6.07) is 9.09. The largest absolute Gasteiger partial charge is 0.289 e. The first kappa shape index (κ1) is 11.7. The van der Waals surface area contributed by atoms with Gasteiger partial charge in [-0.15, -0.1) is 0 Å². The molecule has 0 bridgehead atoms. The Morgan fingerprint density at radius 3 is 2.44 bits per heavy atom. The van der Waals surface area contributed by atoms with Gasteiger partial charge in [0.25, 0.3) is 0 Å². The molecule has 16 heavy (non-hydrogen) atoms. The van der Waals surface area contributed by atoms with E-state index in [1.165, 1.54) is 0 Å². The van der Waals surface area contributed by atoms with Gasteiger partial charge in [0.05, 0.1) is 0 Å². The van der Waals surface area contributed by atoms with Gasteiger partial charge in [0, 0.05) is 31.6 Å². The van der Waals surface area contributed by atoms with Crippen molar-refractivity contribution in [2.75, 3.05) is 0 Å². The first-order valence-corrected chi connectivity index (χ1v) is 6.45. The minimum Gasteiger partial charge on any atom is -0.289 e. The number of hydrogen-bond acceptors (Lipinski definition) is 2. The Bertz CT molecular complexity index is 508. The topological polar surface area (TPSA) is 30.0 Å². The van der Waals surface area contributed by atoms with Crippen molar-refractivity contribution in [3.05, 3.63) is 61.9 Å². The molecule has 4 heteroatoms. The highest BCUT2D eigenvalue weighted by atomic mass is 127. The average molecular weight is 388 g/mol. The second kappa shape index (κ2) is 5.05. The maximum Gasteiger partial charge on any atom is 0.193 e. The summed E-state index contributed by atoms with van der Waals surface area (Å²) in [6.07, 6.45) is 3.24. The molecule has 2 aromatic rings. The first-order valence-electron chi connectivity index (χ1n) is 4.57. The molecular weight excluding hydrogens is 381 g/mol. The van der Waals surface area contributed by atoms with Crippen LogP contribution < -0.4 is 0 Å². The van der Waals surface area contributed by atoms with Crippen molar-refractivity contribution in [3.63, 3.8) is 0 Å². The molecule has 80 valence electrons. The van der Waals surface area contributed by atoms with Crippen molar-refractivity contribution in [2.24, 2.45) is 0 Å². The summed E-state index contributed by atoms with van der Waals surface area (Å²) in [5.74, 6) is 0.0154. The van der Waals surface area contributed by atoms with Crippen molar-refractivity contribution in [2.45, 2.75) is 0 Å². The van der Waals surface area contributed by atoms with Gasteiger partial charge in [0.2, 0.25) is 0 Å². The number of halogens is 2. The van der Waals surface area contributed by atoms with Crippen molar-refractivity contribution >= 4 is 44.3 Å². The van der Waals surface area contributed by atoms with E-state index in [9.17, 15) is 4.79 Å². The van der Waals surface area contributed by atoms with Crippen LogP contribution in [0.3, 0.4) is 0 Å². The summed E-state index contributed by atoms with van der Waals surface area (Å²) in [4.78, 5) is 16.0. The van der Waals surface area contributed by atoms with Crippen molar-refractivity contribution in [1.29, 1.82) is 0 Å². The summed E-state index contributed by atoms with van der Waals surface area (Å²) in [5, 5.41) is 0. The summed E-state index contributed by atoms with van der Waals surface area (Å²) < 4.78 is 1.95. The van der Waals surface area contributed by atoms with E-state index >= 15 is 0 Å². The molecule has 1 heterocycles. The number of carbonyl (C=O) groups excluding carboxylic acids is 1. The third-order valence-corrected chi connectivity index (χ3v) is 3.15. The lowest BCUT2D eigenvalue weighted by Gasteiger charge is -2.02. The number of nitrogens with zero attached hydrogens (tertiary/aromatic N) is 1. The summed E-state index contributed by atoms with van der Waals surface area (Å²) >= 11 is 5.57. The maximum absolute atomic E-state index is 12.1. The number of benzene rings is 1. The van der Waals surface area contributed by atoms with Crippen molar-refractivity contribution < 1.29 is 4.79 Å². The van der Waals surface area contributed by atoms with Crippen molar-refractivity contribution in [1.82, 2.24) is 4.98 Å². The molecule has 0 spiro atoms. The molecular formula is C12H7BrINO. The standard InChI is InChI=1S/C12H7BrINO/c13-10-5-9(6-11(14)7-10)12(16)8-1-3-15-4-2-8/h1-7H. The van der Waals surface area contributed by atoms with Crippen LogP contribution in [0.25, 0.3) is 0 Å². The van der Waals surface area contributed by atoms with Gasteiger partial charge in [-0.2, -0.15) is 0 Å². The van der Waals surface area contributed by atoms with Gasteiger partial charge >= 0.3 is 0 Å². The summed E-state index contributed by atoms with van der Waals surface area (Å²) in [7, 11) is 0. The van der Waals surface area contributed by atoms with E-state index in [-0.39, 0.29) is 5.78 Å². The Morgan fingerprint density at radius 1 is 1.12 bits per heavy atom. The van der Waals surface area contributed by atoms with Crippen LogP contribution in [0.1, 0.15) is 15.9 Å². The fraction of sp³-hybridized carbons (Fsp3) is 0. The van der Waals surface area contributed by atoms with Crippen LogP contribution in [0.5, 0.6) is 0 Å². The number of carbonyl (C=O) groups is 1. The molecule has 1 aromatic carbocycles. The number of ketones is 1. The molecule has 0 unspecified atom stereocenters. The summed E-state index contributed by atoms with van der Waals surface area (Å²) in [5.41, 5.74) is 1.34. The van der Waals surface area contributed by atoms with E-state index in [1.54, 1.807) is 24.5 Å². The molecule has 0 aliphatic carbocycles. The third-order valence-electron chi connectivity index (χ3n) is 2.07. The Labute approximate surface area is 115 Å². The second-order valence-electron chi connectivity index (χ2n) is 3.22. The summed E-state index contributed by atoms with van der Waals surface area (Å²) in [6.45, 7) is 0. The lowest BCUT2D eigenvalue weighted by Crippen LogP contribution is -2.01. The van der Waals surface area contributed by atoms with Crippen LogP contribution in [0.2, 0.25) is 0 Å². The molecule has 0 aliphatic heterocycles. The van der Waals surface area contributed by atoms with Crippen LogP contribution in [0.4, 0.5) is 0 Å². The van der Waals surface area contributed by atoms with Crippen LogP contribution in [-0.2, 0) is 0 Å². The third kappa shape index (κ3) is 2.68. The van der Waals surface area contributed by atoms with Crippen LogP contribution in [-0.4, -0.2) is 10.8 Å². The van der Waals surface area contributed by atoms with E-state index in [4.69, 9.17) is 0 Å². The van der Waals surface area contributed by atoms with E-state index in [0.29, 0.717) is 11.1 Å². The van der Waals surface area contributed by atoms with Gasteiger partial charge in [-0.3, -0.25) is 9.78 Å². The molecule has 0 saturated heterocycles. The lowest BCUT2D eigenvalue weighted by atomic mass is 10.1. The quantitative estimate of drug-likeness (QED) is 0.581. The minimum atomic E-state index is 0.0154. The minimum absolute atomic E-state index is 0.0154. The molecule has 0 fully saturated rings. The highest BCUT2D eigenvalue weighted by Crippen LogP contribution is 2.19. The van der Waals surface area contributed by atoms with E-state index < -0.39 is 0 Å². The second-order valence-corrected chi connectivity index (χ2v) is 5.38. The lowest BCUT2D eigenvalue weighted by molar-refractivity contribution is 0.103. The fourth-order valence-corrected chi connectivity index (χ4v) is 2.95. The molecule has 0 radical (unpaired) electrons. The van der Waals surface area contributed by atoms with Gasteiger partial charge in [-0.25, -0.2) is 0 Å². The maximum atomic E-state index is 12.1. The smallest absolute Gasteiger partial charge is 0.193 e. The van der Waals surface area contributed by atoms with E-state index in [2.05, 4.69) is 43.5 Å². The first-order chi connectivity index (χ1) is 7.66. The Kier molecular flexibility index (Phi) is 3.70. The Balaban J connectivity index is 2.42. The number of pyridine rings is 1. The highest BCUT2D eigenvalue weighted by Gasteiger charge is 2.09. The number of rotatable bonds is 2. The SMILES string of the molecule is O=C(c1ccncc1)c1cc(Br)cc(I)c1. The van der Waals surface area contributed by atoms with Gasteiger partial charge in [-0.05, 0) is 52.9 Å². The van der Waals surface area contributed by atoms with Gasteiger partial charge in [-0.1, -0.05) is 15.9 Å². The van der Waals surface area contributed by atoms with Crippen LogP contribution >= 0.6 is 38.5 Å². The normalized spacial score (nSPS) is 10.1. The molecule has 0 saturated carbocycles. The zero-order chi connectivity index (χ0) is 11.5. The number of aromatic nitrogens is 1. The van der Waals surface area contributed by atoms with E-state index in [1.807, 2.05) is 18.2 Å². The van der Waals surface area contributed by atoms with Gasteiger partial charge < -0.3 is 0 Å². The molecule has 0 atom stereocenters.